The van der Waals surface area contributed by atoms with Crippen LogP contribution in [0.2, 0.25) is 5.02 Å². The fourth-order valence-electron chi connectivity index (χ4n) is 5.81. The van der Waals surface area contributed by atoms with Crippen molar-refractivity contribution in [1.29, 1.82) is 0 Å². The molecule has 2 atom stereocenters. The van der Waals surface area contributed by atoms with Gasteiger partial charge in [0, 0.05) is 6.20 Å². The van der Waals surface area contributed by atoms with Crippen molar-refractivity contribution >= 4 is 28.7 Å². The van der Waals surface area contributed by atoms with E-state index >= 15 is 4.39 Å². The number of carbonyl (C=O) groups excluding carboxylic acids is 1. The molecule has 0 N–H and O–H groups in total. The monoisotopic (exact) mass is 593 g/mol. The Morgan fingerprint density at radius 3 is 2.67 bits per heavy atom. The van der Waals surface area contributed by atoms with Crippen molar-refractivity contribution in [2.45, 2.75) is 51.7 Å². The second kappa shape index (κ2) is 11.0. The van der Waals surface area contributed by atoms with E-state index in [2.05, 4.69) is 11.6 Å². The molecule has 1 saturated heterocycles. The Bertz CT molecular complexity index is 1780. The minimum Gasteiger partial charge on any atom is -0.500 e. The maximum Gasteiger partial charge on any atom is 0.322 e. The van der Waals surface area contributed by atoms with Gasteiger partial charge in [0.25, 0.3) is 0 Å². The number of alkyl halides is 1. The Morgan fingerprint density at radius 1 is 1.31 bits per heavy atom. The number of aromatic nitrogens is 4. The number of fused-ring (bicyclic) bond motifs is 1. The first kappa shape index (κ1) is 29.4. The van der Waals surface area contributed by atoms with Gasteiger partial charge in [-0.3, -0.25) is 28.5 Å². The molecule has 0 radical (unpaired) electrons. The molecule has 4 heterocycles. The van der Waals surface area contributed by atoms with Gasteiger partial charge in [0.15, 0.2) is 11.3 Å². The predicted octanol–water partition coefficient (Wildman–Crippen LogP) is 4.58. The number of allylic oxidation sites excluding steroid dienone is 4. The molecule has 220 valence electrons. The summed E-state index contributed by atoms with van der Waals surface area (Å²) in [4.78, 5) is 50.5. The lowest BCUT2D eigenvalue weighted by atomic mass is 9.85. The smallest absolute Gasteiger partial charge is 0.322 e. The summed E-state index contributed by atoms with van der Waals surface area (Å²) in [5.74, 6) is -0.248. The van der Waals surface area contributed by atoms with Gasteiger partial charge in [-0.1, -0.05) is 51.1 Å². The third kappa shape index (κ3) is 4.87. The van der Waals surface area contributed by atoms with Crippen LogP contribution in [0.1, 0.15) is 49.6 Å². The highest BCUT2D eigenvalue weighted by atomic mass is 35.5. The number of hydrogen-bond donors (Lipinski definition) is 0. The predicted molar refractivity (Wildman–Crippen MR) is 160 cm³/mol. The van der Waals surface area contributed by atoms with Crippen LogP contribution in [-0.4, -0.2) is 55.8 Å². The van der Waals surface area contributed by atoms with Gasteiger partial charge in [-0.15, -0.1) is 0 Å². The zero-order chi connectivity index (χ0) is 30.5. The van der Waals surface area contributed by atoms with Crippen LogP contribution in [0.5, 0.6) is 0 Å². The zero-order valence-corrected chi connectivity index (χ0v) is 25.0. The molecule has 9 nitrogen and oxygen atoms in total. The molecule has 0 bridgehead atoms. The molecule has 1 amide bonds. The van der Waals surface area contributed by atoms with E-state index in [9.17, 15) is 14.4 Å². The van der Waals surface area contributed by atoms with Crippen LogP contribution >= 0.6 is 11.6 Å². The molecule has 42 heavy (non-hydrogen) atoms. The first-order valence-corrected chi connectivity index (χ1v) is 14.1. The Kier molecular flexibility index (Phi) is 7.70. The van der Waals surface area contributed by atoms with Crippen molar-refractivity contribution in [3.05, 3.63) is 97.7 Å². The number of methoxy groups -OCH3 is 1. The lowest BCUT2D eigenvalue weighted by Crippen LogP contribution is -2.63. The highest BCUT2D eigenvalue weighted by Crippen LogP contribution is 2.40. The summed E-state index contributed by atoms with van der Waals surface area (Å²) in [5.41, 5.74) is -1.16. The van der Waals surface area contributed by atoms with Gasteiger partial charge in [-0.2, -0.15) is 0 Å². The van der Waals surface area contributed by atoms with Crippen LogP contribution in [0.15, 0.2) is 64.6 Å². The molecule has 1 aliphatic carbocycles. The Morgan fingerprint density at radius 2 is 2.02 bits per heavy atom. The summed E-state index contributed by atoms with van der Waals surface area (Å²) in [6, 6.07) is 3.32. The quantitative estimate of drug-likeness (QED) is 0.294. The molecule has 1 fully saturated rings. The molecule has 0 aromatic carbocycles. The summed E-state index contributed by atoms with van der Waals surface area (Å²) < 4.78 is 23.9. The molecule has 3 aromatic heterocycles. The number of amides is 1. The minimum absolute atomic E-state index is 0.0395. The van der Waals surface area contributed by atoms with E-state index < -0.39 is 29.2 Å². The van der Waals surface area contributed by atoms with Crippen LogP contribution in [0.3, 0.4) is 0 Å². The number of ether oxygens (including phenoxy) is 1. The molecule has 2 unspecified atom stereocenters. The Balaban J connectivity index is 1.81. The van der Waals surface area contributed by atoms with E-state index in [1.807, 2.05) is 45.9 Å². The van der Waals surface area contributed by atoms with E-state index in [-0.39, 0.29) is 47.0 Å². The molecule has 5 rings (SSSR count). The molecule has 1 aliphatic heterocycles. The standard InChI is InChI=1S/C31H33ClFN5O4/c1-7-23(39)36-14-31(33,15-36)16-37-21-13-20(32)26(24-18(4)9-8-10-22(24)42-6)35-28(21)38(30(41)29(37)40)27-19(5)11-12-34-25(27)17(2)3/h7-13,17-18,24H,1,14-16H2,2-6H3. The molecule has 0 saturated carbocycles. The van der Waals surface area contributed by atoms with Crippen molar-refractivity contribution in [3.8, 4) is 5.69 Å². The SMILES string of the molecule is C=CC(=O)N1CC(F)(Cn2c(=O)c(=O)n(-c3c(C)ccnc3C(C)C)c3nc(C4C(OC)=CC=CC4C)c(Cl)cc32)C1. The maximum atomic E-state index is 15.9. The lowest BCUT2D eigenvalue weighted by Gasteiger charge is -2.44. The summed E-state index contributed by atoms with van der Waals surface area (Å²) >= 11 is 6.86. The van der Waals surface area contributed by atoms with Crippen LogP contribution in [0.25, 0.3) is 16.9 Å². The molecular weight excluding hydrogens is 561 g/mol. The topological polar surface area (TPSA) is 99.3 Å². The lowest BCUT2D eigenvalue weighted by molar-refractivity contribution is -0.141. The number of nitrogens with zero attached hydrogens (tertiary/aromatic N) is 5. The number of aryl methyl sites for hydroxylation is 1. The van der Waals surface area contributed by atoms with Gasteiger partial charge < -0.3 is 9.64 Å². The normalized spacial score (nSPS) is 19.5. The van der Waals surface area contributed by atoms with Gasteiger partial charge in [-0.25, -0.2) is 9.37 Å². The van der Waals surface area contributed by atoms with Gasteiger partial charge in [0.05, 0.1) is 60.3 Å². The molecule has 2 aliphatic rings. The molecule has 11 heteroatoms. The summed E-state index contributed by atoms with van der Waals surface area (Å²) in [7, 11) is 1.57. The summed E-state index contributed by atoms with van der Waals surface area (Å²) in [5, 5.41) is 0.243. The Hall–Kier alpha value is -4.05. The second-order valence-electron chi connectivity index (χ2n) is 11.3. The molecule has 3 aromatic rings. The van der Waals surface area contributed by atoms with Crippen molar-refractivity contribution in [3.63, 3.8) is 0 Å². The minimum atomic E-state index is -1.93. The summed E-state index contributed by atoms with van der Waals surface area (Å²) in [6.45, 7) is 10.2. The molecular formula is C31H33ClFN5O4. The third-order valence-electron chi connectivity index (χ3n) is 7.94. The number of halogens is 2. The largest absolute Gasteiger partial charge is 0.500 e. The zero-order valence-electron chi connectivity index (χ0n) is 24.2. The Labute approximate surface area is 247 Å². The van der Waals surface area contributed by atoms with Crippen molar-refractivity contribution in [2.75, 3.05) is 20.2 Å². The highest BCUT2D eigenvalue weighted by Gasteiger charge is 2.46. The van der Waals surface area contributed by atoms with E-state index in [0.717, 1.165) is 16.2 Å². The number of pyridine rings is 2. The number of carbonyl (C=O) groups is 1. The molecule has 0 spiro atoms. The number of rotatable bonds is 7. The van der Waals surface area contributed by atoms with Crippen LogP contribution in [-0.2, 0) is 16.1 Å². The fourth-order valence-corrected chi connectivity index (χ4v) is 6.08. The van der Waals surface area contributed by atoms with E-state index in [4.69, 9.17) is 21.3 Å². The number of hydrogen-bond acceptors (Lipinski definition) is 6. The average Bonchev–Trinajstić information content (AvgIpc) is 2.94. The average molecular weight is 594 g/mol. The van der Waals surface area contributed by atoms with Crippen LogP contribution in [0, 0.1) is 12.8 Å². The second-order valence-corrected chi connectivity index (χ2v) is 11.7. The maximum absolute atomic E-state index is 15.9. The first-order chi connectivity index (χ1) is 19.9. The van der Waals surface area contributed by atoms with Crippen molar-refractivity contribution in [2.24, 2.45) is 5.92 Å². The number of likely N-dealkylation sites (tertiary alicyclic amines) is 1. The van der Waals surface area contributed by atoms with E-state index in [0.29, 0.717) is 22.8 Å². The van der Waals surface area contributed by atoms with Crippen molar-refractivity contribution in [1.82, 2.24) is 24.0 Å². The van der Waals surface area contributed by atoms with Crippen molar-refractivity contribution < 1.29 is 13.9 Å². The van der Waals surface area contributed by atoms with Crippen LogP contribution < -0.4 is 11.1 Å². The third-order valence-corrected chi connectivity index (χ3v) is 8.24. The summed E-state index contributed by atoms with van der Waals surface area (Å²) in [6.07, 6.45) is 8.51. The fraction of sp³-hybridized carbons (Fsp3) is 0.387. The highest BCUT2D eigenvalue weighted by molar-refractivity contribution is 6.31. The van der Waals surface area contributed by atoms with E-state index in [1.54, 1.807) is 25.4 Å². The van der Waals surface area contributed by atoms with Gasteiger partial charge >= 0.3 is 11.1 Å². The van der Waals surface area contributed by atoms with Gasteiger partial charge in [-0.05, 0) is 48.6 Å². The van der Waals surface area contributed by atoms with Gasteiger partial charge in [0.1, 0.15) is 5.76 Å². The van der Waals surface area contributed by atoms with Crippen LogP contribution in [0.4, 0.5) is 4.39 Å². The van der Waals surface area contributed by atoms with E-state index in [1.165, 1.54) is 9.47 Å². The van der Waals surface area contributed by atoms with Gasteiger partial charge in [0.2, 0.25) is 5.91 Å². The first-order valence-electron chi connectivity index (χ1n) is 13.7.